The summed E-state index contributed by atoms with van der Waals surface area (Å²) in [5, 5.41) is 2.97. The summed E-state index contributed by atoms with van der Waals surface area (Å²) in [6.07, 6.45) is 1.43. The van der Waals surface area contributed by atoms with E-state index in [0.717, 1.165) is 18.6 Å². The number of amides is 1. The fraction of sp³-hybridized carbons (Fsp3) is 0.500. The van der Waals surface area contributed by atoms with Gasteiger partial charge in [-0.2, -0.15) is 0 Å². The Morgan fingerprint density at radius 2 is 1.82 bits per heavy atom. The first kappa shape index (κ1) is 13.6. The van der Waals surface area contributed by atoms with E-state index in [1.54, 1.807) is 6.92 Å². The van der Waals surface area contributed by atoms with E-state index in [1.165, 1.54) is 0 Å². The van der Waals surface area contributed by atoms with Gasteiger partial charge in [-0.05, 0) is 31.9 Å². The first-order valence-electron chi connectivity index (χ1n) is 6.19. The van der Waals surface area contributed by atoms with Gasteiger partial charge in [0.25, 0.3) is 5.91 Å². The molecule has 0 spiro atoms. The molecule has 17 heavy (non-hydrogen) atoms. The molecule has 3 nitrogen and oxygen atoms in total. The van der Waals surface area contributed by atoms with Gasteiger partial charge in [0.05, 0.1) is 0 Å². The average Bonchev–Trinajstić information content (AvgIpc) is 2.36. The SMILES string of the molecule is CCC(CC)NC(=O)[C@H](C)Oc1ccccc1. The number of ether oxygens (including phenoxy) is 1. The molecule has 0 aliphatic rings. The summed E-state index contributed by atoms with van der Waals surface area (Å²) >= 11 is 0. The summed E-state index contributed by atoms with van der Waals surface area (Å²) in [6, 6.07) is 9.63. The summed E-state index contributed by atoms with van der Waals surface area (Å²) < 4.78 is 5.55. The van der Waals surface area contributed by atoms with Crippen LogP contribution >= 0.6 is 0 Å². The quantitative estimate of drug-likeness (QED) is 0.823. The lowest BCUT2D eigenvalue weighted by atomic mass is 10.1. The van der Waals surface area contributed by atoms with Crippen molar-refractivity contribution in [3.05, 3.63) is 30.3 Å². The minimum absolute atomic E-state index is 0.0532. The zero-order valence-corrected chi connectivity index (χ0v) is 10.8. The maximum atomic E-state index is 11.8. The van der Waals surface area contributed by atoms with E-state index < -0.39 is 6.10 Å². The Kier molecular flexibility index (Phi) is 5.53. The number of rotatable bonds is 6. The Morgan fingerprint density at radius 1 is 1.24 bits per heavy atom. The second-order valence-corrected chi connectivity index (χ2v) is 4.10. The minimum atomic E-state index is -0.460. The molecule has 1 aromatic rings. The molecule has 0 aliphatic carbocycles. The van der Waals surface area contributed by atoms with Crippen molar-refractivity contribution in [2.24, 2.45) is 0 Å². The van der Waals surface area contributed by atoms with Crippen molar-refractivity contribution in [3.63, 3.8) is 0 Å². The number of hydrogen-bond donors (Lipinski definition) is 1. The third-order valence-corrected chi connectivity index (χ3v) is 2.76. The molecule has 1 N–H and O–H groups in total. The molecular weight excluding hydrogens is 214 g/mol. The second kappa shape index (κ2) is 6.94. The van der Waals surface area contributed by atoms with Gasteiger partial charge in [0.1, 0.15) is 5.75 Å². The highest BCUT2D eigenvalue weighted by Gasteiger charge is 2.16. The monoisotopic (exact) mass is 235 g/mol. The second-order valence-electron chi connectivity index (χ2n) is 4.10. The van der Waals surface area contributed by atoms with Gasteiger partial charge >= 0.3 is 0 Å². The maximum Gasteiger partial charge on any atom is 0.260 e. The van der Waals surface area contributed by atoms with Gasteiger partial charge in [-0.15, -0.1) is 0 Å². The largest absolute Gasteiger partial charge is 0.481 e. The highest BCUT2D eigenvalue weighted by atomic mass is 16.5. The third kappa shape index (κ3) is 4.47. The lowest BCUT2D eigenvalue weighted by Crippen LogP contribution is -2.42. The van der Waals surface area contributed by atoms with Gasteiger partial charge < -0.3 is 10.1 Å². The molecule has 0 fully saturated rings. The predicted molar refractivity (Wildman–Crippen MR) is 69.0 cm³/mol. The first-order valence-corrected chi connectivity index (χ1v) is 6.19. The van der Waals surface area contributed by atoms with Crippen LogP contribution in [0.5, 0.6) is 5.75 Å². The fourth-order valence-electron chi connectivity index (χ4n) is 1.57. The van der Waals surface area contributed by atoms with Crippen LogP contribution in [0.4, 0.5) is 0 Å². The Hall–Kier alpha value is -1.51. The van der Waals surface area contributed by atoms with Crippen molar-refractivity contribution in [1.29, 1.82) is 0 Å². The van der Waals surface area contributed by atoms with E-state index in [0.29, 0.717) is 0 Å². The molecule has 1 atom stereocenters. The first-order chi connectivity index (χ1) is 8.17. The molecule has 1 aromatic carbocycles. The standard InChI is InChI=1S/C14H21NO2/c1-4-12(5-2)15-14(16)11(3)17-13-9-7-6-8-10-13/h6-12H,4-5H2,1-3H3,(H,15,16)/t11-/m0/s1. The van der Waals surface area contributed by atoms with Crippen LogP contribution in [0.1, 0.15) is 33.6 Å². The van der Waals surface area contributed by atoms with Crippen LogP contribution in [0.2, 0.25) is 0 Å². The molecule has 1 rings (SSSR count). The van der Waals surface area contributed by atoms with Gasteiger partial charge in [-0.1, -0.05) is 32.0 Å². The van der Waals surface area contributed by atoms with Crippen molar-refractivity contribution in [2.45, 2.75) is 45.8 Å². The molecule has 0 unspecified atom stereocenters. The third-order valence-electron chi connectivity index (χ3n) is 2.76. The Labute approximate surface area is 103 Å². The lowest BCUT2D eigenvalue weighted by molar-refractivity contribution is -0.128. The summed E-state index contributed by atoms with van der Waals surface area (Å²) in [4.78, 5) is 11.8. The molecule has 1 amide bonds. The molecule has 0 bridgehead atoms. The molecule has 0 radical (unpaired) electrons. The van der Waals surface area contributed by atoms with Gasteiger partial charge in [0.2, 0.25) is 0 Å². The summed E-state index contributed by atoms with van der Waals surface area (Å²) in [5.74, 6) is 0.669. The number of benzene rings is 1. The number of para-hydroxylation sites is 1. The normalized spacial score (nSPS) is 12.2. The Morgan fingerprint density at radius 3 is 2.35 bits per heavy atom. The van der Waals surface area contributed by atoms with E-state index in [2.05, 4.69) is 19.2 Å². The van der Waals surface area contributed by atoms with Crippen molar-refractivity contribution in [1.82, 2.24) is 5.32 Å². The van der Waals surface area contributed by atoms with Crippen LogP contribution in [-0.4, -0.2) is 18.1 Å². The van der Waals surface area contributed by atoms with E-state index in [-0.39, 0.29) is 11.9 Å². The van der Waals surface area contributed by atoms with Gasteiger partial charge in [0, 0.05) is 6.04 Å². The topological polar surface area (TPSA) is 38.3 Å². The minimum Gasteiger partial charge on any atom is -0.481 e. The summed E-state index contributed by atoms with van der Waals surface area (Å²) in [7, 11) is 0. The smallest absolute Gasteiger partial charge is 0.260 e. The fourth-order valence-corrected chi connectivity index (χ4v) is 1.57. The summed E-state index contributed by atoms with van der Waals surface area (Å²) in [5.41, 5.74) is 0. The van der Waals surface area contributed by atoms with Crippen LogP contribution in [0, 0.1) is 0 Å². The van der Waals surface area contributed by atoms with Crippen molar-refractivity contribution in [2.75, 3.05) is 0 Å². The lowest BCUT2D eigenvalue weighted by Gasteiger charge is -2.19. The molecule has 3 heteroatoms. The van der Waals surface area contributed by atoms with Crippen LogP contribution in [0.3, 0.4) is 0 Å². The molecule has 94 valence electrons. The molecule has 0 aromatic heterocycles. The van der Waals surface area contributed by atoms with E-state index in [1.807, 2.05) is 30.3 Å². The zero-order chi connectivity index (χ0) is 12.7. The Balaban J connectivity index is 2.47. The van der Waals surface area contributed by atoms with Crippen molar-refractivity contribution >= 4 is 5.91 Å². The maximum absolute atomic E-state index is 11.8. The molecule has 0 heterocycles. The highest BCUT2D eigenvalue weighted by molar-refractivity contribution is 5.80. The van der Waals surface area contributed by atoms with Gasteiger partial charge in [-0.3, -0.25) is 4.79 Å². The number of hydrogen-bond acceptors (Lipinski definition) is 2. The predicted octanol–water partition coefficient (Wildman–Crippen LogP) is 2.76. The molecule has 0 aliphatic heterocycles. The van der Waals surface area contributed by atoms with Gasteiger partial charge in [-0.25, -0.2) is 0 Å². The molecule has 0 saturated heterocycles. The molecule has 0 saturated carbocycles. The zero-order valence-electron chi connectivity index (χ0n) is 10.8. The Bertz CT molecular complexity index is 333. The van der Waals surface area contributed by atoms with E-state index in [9.17, 15) is 4.79 Å². The van der Waals surface area contributed by atoms with E-state index in [4.69, 9.17) is 4.74 Å². The van der Waals surface area contributed by atoms with Crippen LogP contribution in [-0.2, 0) is 4.79 Å². The summed E-state index contributed by atoms with van der Waals surface area (Å²) in [6.45, 7) is 5.90. The van der Waals surface area contributed by atoms with Crippen LogP contribution < -0.4 is 10.1 Å². The highest BCUT2D eigenvalue weighted by Crippen LogP contribution is 2.11. The average molecular weight is 235 g/mol. The van der Waals surface area contributed by atoms with E-state index >= 15 is 0 Å². The number of carbonyl (C=O) groups is 1. The van der Waals surface area contributed by atoms with Crippen molar-refractivity contribution in [3.8, 4) is 5.75 Å². The van der Waals surface area contributed by atoms with Crippen LogP contribution in [0.15, 0.2) is 30.3 Å². The number of carbonyl (C=O) groups excluding carboxylic acids is 1. The van der Waals surface area contributed by atoms with Gasteiger partial charge in [0.15, 0.2) is 6.10 Å². The number of nitrogens with one attached hydrogen (secondary N) is 1. The van der Waals surface area contributed by atoms with Crippen molar-refractivity contribution < 1.29 is 9.53 Å². The molecular formula is C14H21NO2. The van der Waals surface area contributed by atoms with Crippen LogP contribution in [0.25, 0.3) is 0 Å².